The van der Waals surface area contributed by atoms with E-state index in [1.165, 1.54) is 6.21 Å². The predicted molar refractivity (Wildman–Crippen MR) is 74.0 cm³/mol. The largest absolute Gasteiger partial charge is 0.494 e. The summed E-state index contributed by atoms with van der Waals surface area (Å²) in [5.41, 5.74) is 0.635. The first kappa shape index (κ1) is 14.3. The van der Waals surface area contributed by atoms with Crippen molar-refractivity contribution < 1.29 is 8.95 Å². The minimum absolute atomic E-state index is 0.361. The number of methoxy groups -OCH3 is 1. The van der Waals surface area contributed by atoms with Gasteiger partial charge in [0.25, 0.3) is 0 Å². The van der Waals surface area contributed by atoms with Gasteiger partial charge in [0.2, 0.25) is 0 Å². The van der Waals surface area contributed by atoms with E-state index in [-0.39, 0.29) is 4.75 Å². The van der Waals surface area contributed by atoms with Gasteiger partial charge in [0.15, 0.2) is 5.75 Å². The molecule has 1 aromatic rings. The molecule has 4 nitrogen and oxygen atoms in total. The van der Waals surface area contributed by atoms with Crippen LogP contribution >= 0.6 is 15.9 Å². The van der Waals surface area contributed by atoms with Crippen molar-refractivity contribution in [3.8, 4) is 5.75 Å². The van der Waals surface area contributed by atoms with Crippen LogP contribution in [0.2, 0.25) is 0 Å². The van der Waals surface area contributed by atoms with Gasteiger partial charge >= 0.3 is 0 Å². The summed E-state index contributed by atoms with van der Waals surface area (Å²) in [4.78, 5) is 4.21. The Morgan fingerprint density at radius 2 is 2.12 bits per heavy atom. The molecule has 0 spiro atoms. The van der Waals surface area contributed by atoms with Crippen LogP contribution in [0.15, 0.2) is 21.1 Å². The van der Waals surface area contributed by atoms with Crippen molar-refractivity contribution in [1.29, 1.82) is 0 Å². The molecule has 0 aliphatic heterocycles. The van der Waals surface area contributed by atoms with E-state index >= 15 is 0 Å². The van der Waals surface area contributed by atoms with Gasteiger partial charge in [-0.25, -0.2) is 9.19 Å². The SMILES string of the molecule is COc1ccc(C=N[S@](=O)C(C)(C)C)nc1Br. The fourth-order valence-electron chi connectivity index (χ4n) is 0.920. The minimum atomic E-state index is -1.27. The molecule has 0 fully saturated rings. The first-order chi connectivity index (χ1) is 7.84. The second-order valence-electron chi connectivity index (χ2n) is 4.33. The van der Waals surface area contributed by atoms with Crippen molar-refractivity contribution >= 4 is 33.1 Å². The number of ether oxygens (including phenoxy) is 1. The van der Waals surface area contributed by atoms with Crippen LogP contribution in [0.25, 0.3) is 0 Å². The van der Waals surface area contributed by atoms with E-state index in [1.807, 2.05) is 20.8 Å². The van der Waals surface area contributed by atoms with E-state index in [1.54, 1.807) is 19.2 Å². The van der Waals surface area contributed by atoms with Crippen LogP contribution in [0.3, 0.4) is 0 Å². The molecule has 0 amide bonds. The number of hydrogen-bond acceptors (Lipinski definition) is 3. The van der Waals surface area contributed by atoms with Crippen LogP contribution in [-0.4, -0.2) is 27.3 Å². The Bertz CT molecular complexity index is 455. The van der Waals surface area contributed by atoms with E-state index in [4.69, 9.17) is 4.74 Å². The molecule has 0 N–H and O–H groups in total. The highest BCUT2D eigenvalue weighted by Crippen LogP contribution is 2.21. The molecule has 1 aromatic heterocycles. The maximum Gasteiger partial charge on any atom is 0.151 e. The summed E-state index contributed by atoms with van der Waals surface area (Å²) in [5, 5.41) is 0. The van der Waals surface area contributed by atoms with Gasteiger partial charge in [0.1, 0.15) is 15.6 Å². The second kappa shape index (κ2) is 5.73. The molecular weight excluding hydrogens is 304 g/mol. The van der Waals surface area contributed by atoms with E-state index in [0.29, 0.717) is 16.0 Å². The van der Waals surface area contributed by atoms with Crippen LogP contribution in [0.4, 0.5) is 0 Å². The molecule has 0 saturated heterocycles. The lowest BCUT2D eigenvalue weighted by molar-refractivity contribution is 0.409. The molecule has 0 unspecified atom stereocenters. The molecule has 94 valence electrons. The Balaban J connectivity index is 2.86. The van der Waals surface area contributed by atoms with Crippen molar-refractivity contribution in [2.24, 2.45) is 4.40 Å². The third-order valence-electron chi connectivity index (χ3n) is 1.86. The number of halogens is 1. The molecule has 1 heterocycles. The summed E-state index contributed by atoms with van der Waals surface area (Å²) in [6, 6.07) is 3.53. The summed E-state index contributed by atoms with van der Waals surface area (Å²) < 4.78 is 21.0. The van der Waals surface area contributed by atoms with Gasteiger partial charge < -0.3 is 4.74 Å². The molecule has 0 bridgehead atoms. The molecule has 1 atom stereocenters. The van der Waals surface area contributed by atoms with Crippen molar-refractivity contribution in [3.05, 3.63) is 22.4 Å². The summed E-state index contributed by atoms with van der Waals surface area (Å²) in [6.45, 7) is 5.62. The summed E-state index contributed by atoms with van der Waals surface area (Å²) in [7, 11) is 0.305. The number of pyridine rings is 1. The van der Waals surface area contributed by atoms with Gasteiger partial charge in [-0.05, 0) is 48.8 Å². The molecule has 0 aliphatic carbocycles. The number of hydrogen-bond donors (Lipinski definition) is 0. The quantitative estimate of drug-likeness (QED) is 0.636. The lowest BCUT2D eigenvalue weighted by atomic mass is 10.3. The maximum atomic E-state index is 11.7. The Hall–Kier alpha value is -0.750. The first-order valence-electron chi connectivity index (χ1n) is 5.01. The lowest BCUT2D eigenvalue weighted by Crippen LogP contribution is -2.19. The van der Waals surface area contributed by atoms with E-state index in [9.17, 15) is 4.21 Å². The van der Waals surface area contributed by atoms with E-state index in [0.717, 1.165) is 0 Å². The van der Waals surface area contributed by atoms with Gasteiger partial charge in [-0.15, -0.1) is 0 Å². The molecule has 0 aromatic carbocycles. The Morgan fingerprint density at radius 3 is 2.59 bits per heavy atom. The van der Waals surface area contributed by atoms with Crippen LogP contribution in [0, 0.1) is 0 Å². The van der Waals surface area contributed by atoms with Crippen LogP contribution in [-0.2, 0) is 11.0 Å². The van der Waals surface area contributed by atoms with Crippen molar-refractivity contribution in [2.45, 2.75) is 25.5 Å². The summed E-state index contributed by atoms with van der Waals surface area (Å²) in [6.07, 6.45) is 1.51. The molecule has 17 heavy (non-hydrogen) atoms. The molecule has 1 rings (SSSR count). The normalized spacial score (nSPS) is 13.9. The second-order valence-corrected chi connectivity index (χ2v) is 7.01. The van der Waals surface area contributed by atoms with Crippen molar-refractivity contribution in [3.63, 3.8) is 0 Å². The Morgan fingerprint density at radius 1 is 1.47 bits per heavy atom. The molecule has 6 heteroatoms. The highest BCUT2D eigenvalue weighted by Gasteiger charge is 2.18. The zero-order valence-corrected chi connectivity index (χ0v) is 12.6. The fourth-order valence-corrected chi connectivity index (χ4v) is 1.94. The predicted octanol–water partition coefficient (Wildman–Crippen LogP) is 2.73. The van der Waals surface area contributed by atoms with Gasteiger partial charge in [-0.2, -0.15) is 4.40 Å². The van der Waals surface area contributed by atoms with Gasteiger partial charge in [-0.3, -0.25) is 0 Å². The van der Waals surface area contributed by atoms with Gasteiger partial charge in [0.05, 0.1) is 23.8 Å². The van der Waals surface area contributed by atoms with Gasteiger partial charge in [-0.1, -0.05) is 0 Å². The summed E-state index contributed by atoms with van der Waals surface area (Å²) in [5.74, 6) is 0.652. The van der Waals surface area contributed by atoms with Crippen molar-refractivity contribution in [2.75, 3.05) is 7.11 Å². The average Bonchev–Trinajstić information content (AvgIpc) is 2.24. The molecule has 0 saturated carbocycles. The highest BCUT2D eigenvalue weighted by molar-refractivity contribution is 9.10. The van der Waals surface area contributed by atoms with E-state index in [2.05, 4.69) is 25.3 Å². The van der Waals surface area contributed by atoms with Crippen LogP contribution in [0.1, 0.15) is 26.5 Å². The smallest absolute Gasteiger partial charge is 0.151 e. The van der Waals surface area contributed by atoms with Gasteiger partial charge in [0, 0.05) is 0 Å². The van der Waals surface area contributed by atoms with E-state index < -0.39 is 11.0 Å². The Kier molecular flexibility index (Phi) is 4.82. The fraction of sp³-hybridized carbons (Fsp3) is 0.455. The number of nitrogens with zero attached hydrogens (tertiary/aromatic N) is 2. The lowest BCUT2D eigenvalue weighted by Gasteiger charge is -2.12. The first-order valence-corrected chi connectivity index (χ1v) is 6.91. The maximum absolute atomic E-state index is 11.7. The molecular formula is C11H15BrN2O2S. The average molecular weight is 319 g/mol. The Labute approximate surface area is 112 Å². The topological polar surface area (TPSA) is 51.5 Å². The monoisotopic (exact) mass is 318 g/mol. The van der Waals surface area contributed by atoms with Crippen LogP contribution < -0.4 is 4.74 Å². The summed E-state index contributed by atoms with van der Waals surface area (Å²) >= 11 is 3.28. The zero-order valence-electron chi connectivity index (χ0n) is 10.2. The highest BCUT2D eigenvalue weighted by atomic mass is 79.9. The number of aromatic nitrogens is 1. The van der Waals surface area contributed by atoms with Crippen molar-refractivity contribution in [1.82, 2.24) is 4.98 Å². The molecule has 0 aliphatic rings. The van der Waals surface area contributed by atoms with Crippen LogP contribution in [0.5, 0.6) is 5.75 Å². The third kappa shape index (κ3) is 4.20. The minimum Gasteiger partial charge on any atom is -0.494 e. The standard InChI is InChI=1S/C11H15BrN2O2S/c1-11(2,3)17(15)13-7-8-5-6-9(16-4)10(12)14-8/h5-7H,1-4H3/t17-/m1/s1. The number of rotatable bonds is 3. The third-order valence-corrected chi connectivity index (χ3v) is 3.77. The molecule has 0 radical (unpaired) electrons. The zero-order chi connectivity index (χ0) is 13.1.